The van der Waals surface area contributed by atoms with Crippen LogP contribution in [-0.4, -0.2) is 43.2 Å². The van der Waals surface area contributed by atoms with Crippen molar-refractivity contribution in [1.29, 1.82) is 0 Å². The van der Waals surface area contributed by atoms with E-state index in [1.54, 1.807) is 12.1 Å². The average Bonchev–Trinajstić information content (AvgIpc) is 3.24. The van der Waals surface area contributed by atoms with Crippen LogP contribution in [0.5, 0.6) is 0 Å². The lowest BCUT2D eigenvalue weighted by Crippen LogP contribution is -2.27. The highest BCUT2D eigenvalue weighted by atomic mass is 32.2. The number of anilines is 2. The molecule has 154 valence electrons. The molecule has 1 aliphatic rings. The fourth-order valence-corrected chi connectivity index (χ4v) is 4.74. The predicted molar refractivity (Wildman–Crippen MR) is 110 cm³/mol. The maximum absolute atomic E-state index is 12.7. The number of carbonyl (C=O) groups excluding carboxylic acids is 1. The second-order valence-electron chi connectivity index (χ2n) is 6.61. The molecule has 0 spiro atoms. The van der Waals surface area contributed by atoms with Gasteiger partial charge < -0.3 is 10.6 Å². The van der Waals surface area contributed by atoms with Gasteiger partial charge >= 0.3 is 0 Å². The van der Waals surface area contributed by atoms with E-state index in [0.29, 0.717) is 31.0 Å². The van der Waals surface area contributed by atoms with E-state index in [9.17, 15) is 23.3 Å². The Morgan fingerprint density at radius 2 is 1.90 bits per heavy atom. The van der Waals surface area contributed by atoms with Gasteiger partial charge in [-0.1, -0.05) is 6.07 Å². The molecule has 1 saturated heterocycles. The summed E-state index contributed by atoms with van der Waals surface area (Å²) in [4.78, 5) is 23.4. The topological polar surface area (TPSA) is 122 Å². The average molecular weight is 418 g/mol. The standard InChI is InChI=1S/C19H22N4O5S/c1-2-20-17-9-8-14(12-18(17)23(25)26)19(24)21-15-6-5-7-16(13-15)29(27,28)22-10-3-4-11-22/h5-9,12-13,20H,2-4,10-11H2,1H3,(H,21,24). The molecular weight excluding hydrogens is 396 g/mol. The van der Waals surface area contributed by atoms with Crippen LogP contribution in [0.3, 0.4) is 0 Å². The predicted octanol–water partition coefficient (Wildman–Crippen LogP) is 3.06. The normalized spacial score (nSPS) is 14.5. The summed E-state index contributed by atoms with van der Waals surface area (Å²) in [5, 5.41) is 16.8. The fourth-order valence-electron chi connectivity index (χ4n) is 3.18. The van der Waals surface area contributed by atoms with Crippen molar-refractivity contribution in [2.45, 2.75) is 24.7 Å². The van der Waals surface area contributed by atoms with Crippen LogP contribution in [-0.2, 0) is 10.0 Å². The highest BCUT2D eigenvalue weighted by molar-refractivity contribution is 7.89. The molecule has 1 fully saturated rings. The minimum Gasteiger partial charge on any atom is -0.380 e. The number of benzene rings is 2. The first-order valence-corrected chi connectivity index (χ1v) is 10.7. The van der Waals surface area contributed by atoms with E-state index in [1.165, 1.54) is 34.6 Å². The molecule has 1 amide bonds. The number of sulfonamides is 1. The number of nitro groups is 1. The lowest BCUT2D eigenvalue weighted by molar-refractivity contribution is -0.384. The maximum Gasteiger partial charge on any atom is 0.293 e. The van der Waals surface area contributed by atoms with Crippen molar-refractivity contribution >= 4 is 33.0 Å². The largest absolute Gasteiger partial charge is 0.380 e. The van der Waals surface area contributed by atoms with Crippen LogP contribution in [0.4, 0.5) is 17.1 Å². The van der Waals surface area contributed by atoms with E-state index in [4.69, 9.17) is 0 Å². The lowest BCUT2D eigenvalue weighted by Gasteiger charge is -2.16. The molecule has 0 unspecified atom stereocenters. The Morgan fingerprint density at radius 1 is 1.17 bits per heavy atom. The molecule has 29 heavy (non-hydrogen) atoms. The molecule has 3 rings (SSSR count). The third kappa shape index (κ3) is 4.54. The quantitative estimate of drug-likeness (QED) is 0.526. The maximum atomic E-state index is 12.7. The third-order valence-electron chi connectivity index (χ3n) is 4.62. The Hall–Kier alpha value is -2.98. The van der Waals surface area contributed by atoms with Gasteiger partial charge in [0.1, 0.15) is 5.69 Å². The summed E-state index contributed by atoms with van der Waals surface area (Å²) in [6, 6.07) is 10.2. The molecule has 0 aliphatic carbocycles. The third-order valence-corrected chi connectivity index (χ3v) is 6.51. The first-order valence-electron chi connectivity index (χ1n) is 9.27. The summed E-state index contributed by atoms with van der Waals surface area (Å²) in [7, 11) is -3.61. The molecule has 0 bridgehead atoms. The first-order chi connectivity index (χ1) is 13.8. The van der Waals surface area contributed by atoms with Gasteiger partial charge in [-0.15, -0.1) is 0 Å². The summed E-state index contributed by atoms with van der Waals surface area (Å²) in [5.74, 6) is -0.563. The minimum atomic E-state index is -3.61. The number of hydrogen-bond donors (Lipinski definition) is 2. The summed E-state index contributed by atoms with van der Waals surface area (Å²) in [6.07, 6.45) is 1.66. The van der Waals surface area contributed by atoms with Crippen LogP contribution in [0.25, 0.3) is 0 Å². The molecule has 0 saturated carbocycles. The Morgan fingerprint density at radius 3 is 2.55 bits per heavy atom. The van der Waals surface area contributed by atoms with Gasteiger partial charge in [-0.2, -0.15) is 4.31 Å². The van der Waals surface area contributed by atoms with E-state index < -0.39 is 20.9 Å². The Balaban J connectivity index is 1.83. The van der Waals surface area contributed by atoms with Crippen molar-refractivity contribution in [3.8, 4) is 0 Å². The molecule has 2 aromatic carbocycles. The Labute approximate surface area is 168 Å². The summed E-state index contributed by atoms with van der Waals surface area (Å²) >= 11 is 0. The SMILES string of the molecule is CCNc1ccc(C(=O)Nc2cccc(S(=O)(=O)N3CCCC3)c2)cc1[N+](=O)[O-]. The molecule has 0 radical (unpaired) electrons. The monoisotopic (exact) mass is 418 g/mol. The van der Waals surface area contributed by atoms with Gasteiger partial charge in [0.15, 0.2) is 0 Å². The fraction of sp³-hybridized carbons (Fsp3) is 0.316. The van der Waals surface area contributed by atoms with E-state index in [2.05, 4.69) is 10.6 Å². The molecule has 0 atom stereocenters. The van der Waals surface area contributed by atoms with Gasteiger partial charge in [-0.3, -0.25) is 14.9 Å². The van der Waals surface area contributed by atoms with Crippen molar-refractivity contribution in [2.75, 3.05) is 30.3 Å². The number of carbonyl (C=O) groups is 1. The number of nitrogens with zero attached hydrogens (tertiary/aromatic N) is 2. The molecule has 1 heterocycles. The number of nitrogens with one attached hydrogen (secondary N) is 2. The molecular formula is C19H22N4O5S. The lowest BCUT2D eigenvalue weighted by atomic mass is 10.1. The van der Waals surface area contributed by atoms with Crippen molar-refractivity contribution in [1.82, 2.24) is 4.31 Å². The zero-order valence-corrected chi connectivity index (χ0v) is 16.7. The van der Waals surface area contributed by atoms with Crippen LogP contribution in [0.2, 0.25) is 0 Å². The molecule has 9 nitrogen and oxygen atoms in total. The van der Waals surface area contributed by atoms with Crippen LogP contribution >= 0.6 is 0 Å². The second kappa shape index (κ2) is 8.58. The Bertz CT molecular complexity index is 1030. The van der Waals surface area contributed by atoms with Crippen molar-refractivity contribution in [3.05, 3.63) is 58.1 Å². The van der Waals surface area contributed by atoms with Crippen molar-refractivity contribution in [3.63, 3.8) is 0 Å². The van der Waals surface area contributed by atoms with Gasteiger partial charge in [-0.25, -0.2) is 8.42 Å². The summed E-state index contributed by atoms with van der Waals surface area (Å²) in [5.41, 5.74) is 0.525. The highest BCUT2D eigenvalue weighted by Gasteiger charge is 2.27. The van der Waals surface area contributed by atoms with Gasteiger partial charge in [0.2, 0.25) is 10.0 Å². The molecule has 2 N–H and O–H groups in total. The van der Waals surface area contributed by atoms with Crippen LogP contribution in [0, 0.1) is 10.1 Å². The summed E-state index contributed by atoms with van der Waals surface area (Å²) < 4.78 is 26.8. The van der Waals surface area contributed by atoms with Crippen molar-refractivity contribution in [2.24, 2.45) is 0 Å². The van der Waals surface area contributed by atoms with E-state index in [-0.39, 0.29) is 16.1 Å². The van der Waals surface area contributed by atoms with Crippen LogP contribution < -0.4 is 10.6 Å². The van der Waals surface area contributed by atoms with E-state index in [0.717, 1.165) is 12.8 Å². The zero-order chi connectivity index (χ0) is 21.0. The molecule has 1 aliphatic heterocycles. The first kappa shape index (κ1) is 20.7. The minimum absolute atomic E-state index is 0.102. The van der Waals surface area contributed by atoms with Crippen LogP contribution in [0.15, 0.2) is 47.4 Å². The number of hydrogen-bond acceptors (Lipinski definition) is 6. The van der Waals surface area contributed by atoms with E-state index in [1.807, 2.05) is 6.92 Å². The molecule has 10 heteroatoms. The van der Waals surface area contributed by atoms with Gasteiger partial charge in [0.25, 0.3) is 11.6 Å². The van der Waals surface area contributed by atoms with Gasteiger partial charge in [0, 0.05) is 37.0 Å². The smallest absolute Gasteiger partial charge is 0.293 e. The van der Waals surface area contributed by atoms with E-state index >= 15 is 0 Å². The van der Waals surface area contributed by atoms with Crippen molar-refractivity contribution < 1.29 is 18.1 Å². The second-order valence-corrected chi connectivity index (χ2v) is 8.55. The number of nitro benzene ring substituents is 1. The molecule has 0 aromatic heterocycles. The number of amides is 1. The van der Waals surface area contributed by atoms with Gasteiger partial charge in [-0.05, 0) is 50.1 Å². The van der Waals surface area contributed by atoms with Crippen LogP contribution in [0.1, 0.15) is 30.1 Å². The highest BCUT2D eigenvalue weighted by Crippen LogP contribution is 2.27. The number of rotatable bonds is 7. The zero-order valence-electron chi connectivity index (χ0n) is 15.9. The Kier molecular flexibility index (Phi) is 6.14. The molecule has 2 aromatic rings. The van der Waals surface area contributed by atoms with Gasteiger partial charge in [0.05, 0.1) is 9.82 Å². The summed E-state index contributed by atoms with van der Waals surface area (Å²) in [6.45, 7) is 3.29.